The molecule has 0 aliphatic carbocycles. The molecular formula is C17H14ClN3O2. The van der Waals surface area contributed by atoms with E-state index in [1.807, 2.05) is 18.2 Å². The monoisotopic (exact) mass is 327 g/mol. The molecule has 0 fully saturated rings. The van der Waals surface area contributed by atoms with Crippen LogP contribution in [0.25, 0.3) is 11.3 Å². The molecule has 0 atom stereocenters. The maximum absolute atomic E-state index is 11.4. The highest BCUT2D eigenvalue weighted by Gasteiger charge is 2.09. The van der Waals surface area contributed by atoms with Crippen LogP contribution in [0.1, 0.15) is 16.2 Å². The molecule has 0 saturated heterocycles. The summed E-state index contributed by atoms with van der Waals surface area (Å²) < 4.78 is 5.70. The third-order valence-corrected chi connectivity index (χ3v) is 3.56. The number of nitrogens with zero attached hydrogens (tertiary/aromatic N) is 1. The molecule has 3 aromatic rings. The number of benzene rings is 2. The number of para-hydroxylation sites is 1. The van der Waals surface area contributed by atoms with E-state index >= 15 is 0 Å². The summed E-state index contributed by atoms with van der Waals surface area (Å²) in [5, 5.41) is 3.77. The van der Waals surface area contributed by atoms with E-state index in [-0.39, 0.29) is 0 Å². The Hall–Kier alpha value is -2.79. The summed E-state index contributed by atoms with van der Waals surface area (Å²) in [6.07, 6.45) is 1.65. The van der Waals surface area contributed by atoms with E-state index in [2.05, 4.69) is 10.3 Å². The minimum atomic E-state index is -0.484. The summed E-state index contributed by atoms with van der Waals surface area (Å²) in [6, 6.07) is 14.3. The van der Waals surface area contributed by atoms with Gasteiger partial charge in [-0.1, -0.05) is 23.7 Å². The maximum Gasteiger partial charge on any atom is 0.250 e. The van der Waals surface area contributed by atoms with E-state index in [0.717, 1.165) is 5.56 Å². The zero-order valence-corrected chi connectivity index (χ0v) is 12.9. The van der Waals surface area contributed by atoms with Crippen molar-refractivity contribution in [3.05, 3.63) is 71.2 Å². The van der Waals surface area contributed by atoms with Crippen molar-refractivity contribution in [2.24, 2.45) is 5.73 Å². The Kier molecular flexibility index (Phi) is 4.30. The molecule has 3 rings (SSSR count). The van der Waals surface area contributed by atoms with Crippen LogP contribution >= 0.6 is 11.6 Å². The summed E-state index contributed by atoms with van der Waals surface area (Å²) in [6.45, 7) is 0.345. The molecular weight excluding hydrogens is 314 g/mol. The number of nitrogens with two attached hydrogens (primary N) is 1. The molecule has 2 aromatic carbocycles. The van der Waals surface area contributed by atoms with Crippen LogP contribution in [0.15, 0.2) is 59.1 Å². The van der Waals surface area contributed by atoms with Gasteiger partial charge in [-0.15, -0.1) is 0 Å². The lowest BCUT2D eigenvalue weighted by Crippen LogP contribution is -2.14. The fourth-order valence-electron chi connectivity index (χ4n) is 2.16. The smallest absolute Gasteiger partial charge is 0.250 e. The van der Waals surface area contributed by atoms with Crippen LogP contribution in [-0.2, 0) is 6.54 Å². The standard InChI is InChI=1S/C17H14ClN3O2/c18-12-7-5-11(6-8-12)15-9-21-16(23-15)10-20-14-4-2-1-3-13(14)17(19)22/h1-9,20H,10H2,(H2,19,22). The fraction of sp³-hybridized carbons (Fsp3) is 0.0588. The average molecular weight is 328 g/mol. The number of oxazole rings is 1. The normalized spacial score (nSPS) is 10.5. The molecule has 1 amide bonds. The van der Waals surface area contributed by atoms with Crippen molar-refractivity contribution in [2.75, 3.05) is 5.32 Å². The van der Waals surface area contributed by atoms with Gasteiger partial charge in [0.2, 0.25) is 5.89 Å². The fourth-order valence-corrected chi connectivity index (χ4v) is 2.29. The highest BCUT2D eigenvalue weighted by Crippen LogP contribution is 2.23. The molecule has 0 saturated carbocycles. The van der Waals surface area contributed by atoms with Crippen LogP contribution < -0.4 is 11.1 Å². The molecule has 5 nitrogen and oxygen atoms in total. The largest absolute Gasteiger partial charge is 0.439 e. The molecule has 1 aromatic heterocycles. The molecule has 0 unspecified atom stereocenters. The van der Waals surface area contributed by atoms with Crippen molar-refractivity contribution < 1.29 is 9.21 Å². The second kappa shape index (κ2) is 6.54. The lowest BCUT2D eigenvalue weighted by molar-refractivity contribution is 0.100. The van der Waals surface area contributed by atoms with Gasteiger partial charge in [0.05, 0.1) is 18.3 Å². The van der Waals surface area contributed by atoms with Gasteiger partial charge < -0.3 is 15.5 Å². The predicted octanol–water partition coefficient (Wildman–Crippen LogP) is 3.71. The Bertz CT molecular complexity index is 828. The molecule has 23 heavy (non-hydrogen) atoms. The zero-order valence-electron chi connectivity index (χ0n) is 12.1. The molecule has 0 bridgehead atoms. The van der Waals surface area contributed by atoms with Gasteiger partial charge in [0.1, 0.15) is 0 Å². The summed E-state index contributed by atoms with van der Waals surface area (Å²) in [4.78, 5) is 15.6. The minimum absolute atomic E-state index is 0.345. The summed E-state index contributed by atoms with van der Waals surface area (Å²) in [7, 11) is 0. The zero-order chi connectivity index (χ0) is 16.2. The Labute approximate surface area is 138 Å². The van der Waals surface area contributed by atoms with E-state index in [1.54, 1.807) is 36.5 Å². The van der Waals surface area contributed by atoms with Gasteiger partial charge in [-0.2, -0.15) is 0 Å². The van der Waals surface area contributed by atoms with Gasteiger partial charge in [0, 0.05) is 16.3 Å². The van der Waals surface area contributed by atoms with Crippen LogP contribution in [-0.4, -0.2) is 10.9 Å². The molecule has 0 aliphatic rings. The first kappa shape index (κ1) is 15.1. The van der Waals surface area contributed by atoms with E-state index in [0.29, 0.717) is 34.5 Å². The number of rotatable bonds is 5. The first-order chi connectivity index (χ1) is 11.1. The Morgan fingerprint density at radius 2 is 1.91 bits per heavy atom. The van der Waals surface area contributed by atoms with Crippen molar-refractivity contribution in [1.82, 2.24) is 4.98 Å². The number of halogens is 1. The first-order valence-corrected chi connectivity index (χ1v) is 7.34. The van der Waals surface area contributed by atoms with E-state index < -0.39 is 5.91 Å². The molecule has 1 heterocycles. The van der Waals surface area contributed by atoms with Gasteiger partial charge in [0.25, 0.3) is 5.91 Å². The molecule has 0 spiro atoms. The van der Waals surface area contributed by atoms with Crippen LogP contribution in [0.3, 0.4) is 0 Å². The molecule has 116 valence electrons. The van der Waals surface area contributed by atoms with Crippen molar-refractivity contribution in [3.63, 3.8) is 0 Å². The predicted molar refractivity (Wildman–Crippen MR) is 89.2 cm³/mol. The van der Waals surface area contributed by atoms with Gasteiger partial charge in [-0.3, -0.25) is 4.79 Å². The summed E-state index contributed by atoms with van der Waals surface area (Å²) >= 11 is 5.87. The van der Waals surface area contributed by atoms with Crippen LogP contribution in [0.5, 0.6) is 0 Å². The minimum Gasteiger partial charge on any atom is -0.439 e. The number of nitrogens with one attached hydrogen (secondary N) is 1. The highest BCUT2D eigenvalue weighted by molar-refractivity contribution is 6.30. The second-order valence-electron chi connectivity index (χ2n) is 4.89. The Morgan fingerprint density at radius 1 is 1.17 bits per heavy atom. The first-order valence-electron chi connectivity index (χ1n) is 6.97. The number of carbonyl (C=O) groups is 1. The second-order valence-corrected chi connectivity index (χ2v) is 5.32. The SMILES string of the molecule is NC(=O)c1ccccc1NCc1ncc(-c2ccc(Cl)cc2)o1. The van der Waals surface area contributed by atoms with Crippen LogP contribution in [0.2, 0.25) is 5.02 Å². The van der Waals surface area contributed by atoms with Gasteiger partial charge in [-0.05, 0) is 36.4 Å². The maximum atomic E-state index is 11.4. The van der Waals surface area contributed by atoms with E-state index in [4.69, 9.17) is 21.8 Å². The van der Waals surface area contributed by atoms with E-state index in [1.165, 1.54) is 0 Å². The van der Waals surface area contributed by atoms with Gasteiger partial charge >= 0.3 is 0 Å². The number of primary amides is 1. The lowest BCUT2D eigenvalue weighted by atomic mass is 10.1. The number of amides is 1. The third-order valence-electron chi connectivity index (χ3n) is 3.30. The summed E-state index contributed by atoms with van der Waals surface area (Å²) in [5.74, 6) is 0.679. The van der Waals surface area contributed by atoms with Gasteiger partial charge in [0.15, 0.2) is 5.76 Å². The molecule has 0 radical (unpaired) electrons. The highest BCUT2D eigenvalue weighted by atomic mass is 35.5. The van der Waals surface area contributed by atoms with Crippen LogP contribution in [0.4, 0.5) is 5.69 Å². The molecule has 6 heteroatoms. The number of hydrogen-bond donors (Lipinski definition) is 2. The number of aromatic nitrogens is 1. The van der Waals surface area contributed by atoms with E-state index in [9.17, 15) is 4.79 Å². The molecule has 3 N–H and O–H groups in total. The third kappa shape index (κ3) is 3.52. The number of carbonyl (C=O) groups excluding carboxylic acids is 1. The van der Waals surface area contributed by atoms with Crippen molar-refractivity contribution >= 4 is 23.2 Å². The van der Waals surface area contributed by atoms with Crippen molar-refractivity contribution in [3.8, 4) is 11.3 Å². The van der Waals surface area contributed by atoms with Crippen molar-refractivity contribution in [2.45, 2.75) is 6.54 Å². The summed E-state index contributed by atoms with van der Waals surface area (Å²) in [5.41, 5.74) is 7.31. The Morgan fingerprint density at radius 3 is 2.65 bits per heavy atom. The Balaban J connectivity index is 1.73. The topological polar surface area (TPSA) is 81.2 Å². The number of hydrogen-bond acceptors (Lipinski definition) is 4. The van der Waals surface area contributed by atoms with Gasteiger partial charge in [-0.25, -0.2) is 4.98 Å². The molecule has 0 aliphatic heterocycles. The quantitative estimate of drug-likeness (QED) is 0.748. The van der Waals surface area contributed by atoms with Crippen molar-refractivity contribution in [1.29, 1.82) is 0 Å². The lowest BCUT2D eigenvalue weighted by Gasteiger charge is -2.07. The number of anilines is 1. The van der Waals surface area contributed by atoms with Crippen LogP contribution in [0, 0.1) is 0 Å². The average Bonchev–Trinajstić information content (AvgIpc) is 3.03.